The van der Waals surface area contributed by atoms with E-state index < -0.39 is 0 Å². The number of rotatable bonds is 2. The fourth-order valence-corrected chi connectivity index (χ4v) is 3.63. The number of hydrogen-bond donors (Lipinski definition) is 1. The normalized spacial score (nSPS) is 25.3. The Morgan fingerprint density at radius 2 is 1.86 bits per heavy atom. The number of hydrogen-bond acceptors (Lipinski definition) is 2. The molecular weight excluding hydrogens is 364 g/mol. The van der Waals surface area contributed by atoms with E-state index in [0.717, 1.165) is 42.4 Å². The number of amides is 1. The second-order valence-electron chi connectivity index (χ2n) is 7.20. The Morgan fingerprint density at radius 3 is 2.36 bits per heavy atom. The van der Waals surface area contributed by atoms with Gasteiger partial charge in [0.2, 0.25) is 5.91 Å². The van der Waals surface area contributed by atoms with Crippen molar-refractivity contribution in [1.29, 1.82) is 0 Å². The average Bonchev–Trinajstić information content (AvgIpc) is 3.23. The van der Waals surface area contributed by atoms with E-state index in [9.17, 15) is 4.79 Å². The lowest BCUT2D eigenvalue weighted by atomic mass is 9.79. The van der Waals surface area contributed by atoms with Crippen LogP contribution in [0.1, 0.15) is 38.7 Å². The van der Waals surface area contributed by atoms with Crippen molar-refractivity contribution in [3.05, 3.63) is 34.3 Å². The van der Waals surface area contributed by atoms with Gasteiger partial charge in [0.25, 0.3) is 0 Å². The van der Waals surface area contributed by atoms with Crippen molar-refractivity contribution in [2.45, 2.75) is 44.6 Å². The van der Waals surface area contributed by atoms with Crippen LogP contribution < -0.4 is 5.73 Å². The summed E-state index contributed by atoms with van der Waals surface area (Å²) in [6, 6.07) is 8.40. The lowest BCUT2D eigenvalue weighted by molar-refractivity contribution is -0.137. The molecule has 1 aromatic rings. The van der Waals surface area contributed by atoms with Gasteiger partial charge in [-0.2, -0.15) is 0 Å². The van der Waals surface area contributed by atoms with Crippen molar-refractivity contribution < 1.29 is 4.79 Å². The van der Waals surface area contributed by atoms with Gasteiger partial charge < -0.3 is 10.6 Å². The molecule has 1 aliphatic carbocycles. The minimum absolute atomic E-state index is 0. The first kappa shape index (κ1) is 17.8. The maximum atomic E-state index is 13.0. The van der Waals surface area contributed by atoms with E-state index in [1.807, 2.05) is 17.0 Å². The zero-order valence-electron chi connectivity index (χ0n) is 13.1. The Bertz CT molecular complexity index is 554. The third-order valence-electron chi connectivity index (χ3n) is 5.16. The maximum absolute atomic E-state index is 13.0. The number of carbonyl (C=O) groups excluding carboxylic acids is 1. The number of carbonyl (C=O) groups is 1. The molecule has 0 spiro atoms. The van der Waals surface area contributed by atoms with Crippen molar-refractivity contribution >= 4 is 34.2 Å². The molecule has 5 heteroatoms. The van der Waals surface area contributed by atoms with Crippen LogP contribution in [0.3, 0.4) is 0 Å². The van der Waals surface area contributed by atoms with E-state index in [2.05, 4.69) is 41.9 Å². The number of piperidine rings is 1. The van der Waals surface area contributed by atoms with Gasteiger partial charge in [-0.05, 0) is 42.4 Å². The highest BCUT2D eigenvalue weighted by Gasteiger charge is 2.54. The summed E-state index contributed by atoms with van der Waals surface area (Å²) in [5.74, 6) is 0.296. The molecule has 3 nitrogen and oxygen atoms in total. The summed E-state index contributed by atoms with van der Waals surface area (Å²) in [7, 11) is 0. The molecule has 1 amide bonds. The lowest BCUT2D eigenvalue weighted by Gasteiger charge is -2.43. The van der Waals surface area contributed by atoms with Gasteiger partial charge in [-0.3, -0.25) is 4.79 Å². The molecule has 1 atom stereocenters. The van der Waals surface area contributed by atoms with Gasteiger partial charge in [-0.1, -0.05) is 41.9 Å². The zero-order valence-corrected chi connectivity index (χ0v) is 15.5. The summed E-state index contributed by atoms with van der Waals surface area (Å²) in [5.41, 5.74) is 7.08. The van der Waals surface area contributed by atoms with E-state index in [0.29, 0.717) is 5.91 Å². The largest absolute Gasteiger partial charge is 0.341 e. The third kappa shape index (κ3) is 3.06. The van der Waals surface area contributed by atoms with Crippen molar-refractivity contribution in [2.75, 3.05) is 13.1 Å². The first-order valence-electron chi connectivity index (χ1n) is 7.66. The Balaban J connectivity index is 0.00000176. The van der Waals surface area contributed by atoms with Crippen LogP contribution in [-0.2, 0) is 10.2 Å². The first-order valence-corrected chi connectivity index (χ1v) is 8.45. The lowest BCUT2D eigenvalue weighted by Crippen LogP contribution is -2.55. The molecule has 0 radical (unpaired) electrons. The second-order valence-corrected chi connectivity index (χ2v) is 8.12. The smallest absolute Gasteiger partial charge is 0.233 e. The fourth-order valence-electron chi connectivity index (χ4n) is 3.37. The number of benzene rings is 1. The van der Waals surface area contributed by atoms with Gasteiger partial charge in [-0.25, -0.2) is 0 Å². The van der Waals surface area contributed by atoms with Crippen LogP contribution in [0.2, 0.25) is 0 Å². The van der Waals surface area contributed by atoms with Crippen LogP contribution in [0, 0.1) is 5.41 Å². The zero-order chi connectivity index (χ0) is 15.3. The van der Waals surface area contributed by atoms with E-state index >= 15 is 0 Å². The SMILES string of the molecule is CC1(C)CN(C(=O)C2(c3ccc(Br)cc3)CC2)CCC1N.Cl. The van der Waals surface area contributed by atoms with E-state index in [-0.39, 0.29) is 29.3 Å². The summed E-state index contributed by atoms with van der Waals surface area (Å²) < 4.78 is 1.06. The third-order valence-corrected chi connectivity index (χ3v) is 5.68. The Hall–Kier alpha value is -0.580. The average molecular weight is 388 g/mol. The number of likely N-dealkylation sites (tertiary alicyclic amines) is 1. The highest BCUT2D eigenvalue weighted by Crippen LogP contribution is 2.50. The van der Waals surface area contributed by atoms with Crippen LogP contribution in [0.15, 0.2) is 28.7 Å². The second kappa shape index (κ2) is 6.14. The minimum atomic E-state index is -0.266. The number of nitrogens with zero attached hydrogens (tertiary/aromatic N) is 1. The van der Waals surface area contributed by atoms with Crippen LogP contribution in [-0.4, -0.2) is 29.9 Å². The standard InChI is InChI=1S/C17H23BrN2O.ClH/c1-16(2)11-20(10-7-14(16)19)15(21)17(8-9-17)12-3-5-13(18)6-4-12;/h3-6,14H,7-11,19H2,1-2H3;1H. The van der Waals surface area contributed by atoms with Gasteiger partial charge in [0.05, 0.1) is 5.41 Å². The van der Waals surface area contributed by atoms with Gasteiger partial charge in [0.15, 0.2) is 0 Å². The summed E-state index contributed by atoms with van der Waals surface area (Å²) in [5, 5.41) is 0. The number of nitrogens with two attached hydrogens (primary N) is 1. The van der Waals surface area contributed by atoms with Gasteiger partial charge in [-0.15, -0.1) is 12.4 Å². The van der Waals surface area contributed by atoms with Gasteiger partial charge >= 0.3 is 0 Å². The molecule has 2 fully saturated rings. The van der Waals surface area contributed by atoms with Crippen LogP contribution in [0.5, 0.6) is 0 Å². The molecule has 122 valence electrons. The van der Waals surface area contributed by atoms with Crippen molar-refractivity contribution in [3.8, 4) is 0 Å². The monoisotopic (exact) mass is 386 g/mol. The van der Waals surface area contributed by atoms with Crippen LogP contribution in [0.4, 0.5) is 0 Å². The Labute approximate surface area is 147 Å². The minimum Gasteiger partial charge on any atom is -0.341 e. The highest BCUT2D eigenvalue weighted by atomic mass is 79.9. The van der Waals surface area contributed by atoms with E-state index in [1.54, 1.807) is 0 Å². The van der Waals surface area contributed by atoms with Crippen molar-refractivity contribution in [1.82, 2.24) is 4.90 Å². The maximum Gasteiger partial charge on any atom is 0.233 e. The van der Waals surface area contributed by atoms with Crippen molar-refractivity contribution in [3.63, 3.8) is 0 Å². The summed E-state index contributed by atoms with van der Waals surface area (Å²) in [6.07, 6.45) is 2.84. The molecule has 3 rings (SSSR count). The molecular formula is C17H24BrClN2O. The molecule has 22 heavy (non-hydrogen) atoms. The van der Waals surface area contributed by atoms with Gasteiger partial charge in [0, 0.05) is 23.6 Å². The molecule has 1 aromatic carbocycles. The summed E-state index contributed by atoms with van der Waals surface area (Å²) in [6.45, 7) is 5.89. The molecule has 1 saturated carbocycles. The highest BCUT2D eigenvalue weighted by molar-refractivity contribution is 9.10. The Kier molecular flexibility index (Phi) is 4.96. The van der Waals surface area contributed by atoms with Crippen LogP contribution >= 0.6 is 28.3 Å². The first-order chi connectivity index (χ1) is 9.85. The molecule has 2 N–H and O–H groups in total. The van der Waals surface area contributed by atoms with Crippen molar-refractivity contribution in [2.24, 2.45) is 11.1 Å². The summed E-state index contributed by atoms with van der Waals surface area (Å²) in [4.78, 5) is 15.1. The van der Waals surface area contributed by atoms with Crippen LogP contribution in [0.25, 0.3) is 0 Å². The molecule has 1 aliphatic heterocycles. The van der Waals surface area contributed by atoms with Gasteiger partial charge in [0.1, 0.15) is 0 Å². The predicted octanol–water partition coefficient (Wildman–Crippen LogP) is 3.49. The molecule has 0 bridgehead atoms. The molecule has 2 aliphatic rings. The summed E-state index contributed by atoms with van der Waals surface area (Å²) >= 11 is 3.46. The topological polar surface area (TPSA) is 46.3 Å². The molecule has 1 unspecified atom stereocenters. The number of halogens is 2. The predicted molar refractivity (Wildman–Crippen MR) is 95.3 cm³/mol. The molecule has 1 saturated heterocycles. The Morgan fingerprint density at radius 1 is 1.27 bits per heavy atom. The van der Waals surface area contributed by atoms with E-state index in [1.165, 1.54) is 0 Å². The molecule has 1 heterocycles. The fraction of sp³-hybridized carbons (Fsp3) is 0.588. The molecule has 0 aromatic heterocycles. The quantitative estimate of drug-likeness (QED) is 0.844. The van der Waals surface area contributed by atoms with E-state index in [4.69, 9.17) is 5.73 Å².